The van der Waals surface area contributed by atoms with Crippen LogP contribution in [-0.2, 0) is 13.2 Å². The summed E-state index contributed by atoms with van der Waals surface area (Å²) in [6.07, 6.45) is 0. The summed E-state index contributed by atoms with van der Waals surface area (Å²) in [6, 6.07) is 20.0. The number of rotatable bonds is 6. The van der Waals surface area contributed by atoms with Gasteiger partial charge in [-0.3, -0.25) is 0 Å². The molecule has 2 nitrogen and oxygen atoms in total. The van der Waals surface area contributed by atoms with E-state index >= 15 is 0 Å². The number of nitrogens with one attached hydrogen (secondary N) is 1. The van der Waals surface area contributed by atoms with Crippen molar-refractivity contribution in [1.29, 1.82) is 0 Å². The van der Waals surface area contributed by atoms with Gasteiger partial charge in [-0.1, -0.05) is 55.6 Å². The molecule has 0 aliphatic carbocycles. The second-order valence-corrected chi connectivity index (χ2v) is 8.25. The minimum absolute atomic E-state index is 0.513. The Bertz CT molecular complexity index is 897. The molecule has 0 heterocycles. The minimum atomic E-state index is 0.513. The molecule has 0 aliphatic rings. The van der Waals surface area contributed by atoms with Crippen molar-refractivity contribution >= 4 is 49.1 Å². The van der Waals surface area contributed by atoms with Crippen LogP contribution in [0, 0.1) is 6.92 Å². The van der Waals surface area contributed by atoms with Crippen molar-refractivity contribution in [2.24, 2.45) is 0 Å². The van der Waals surface area contributed by atoms with Crippen LogP contribution in [0.2, 0.25) is 5.02 Å². The van der Waals surface area contributed by atoms with Crippen molar-refractivity contribution < 1.29 is 4.74 Å². The van der Waals surface area contributed by atoms with Gasteiger partial charge >= 0.3 is 0 Å². The van der Waals surface area contributed by atoms with Crippen molar-refractivity contribution in [3.8, 4) is 5.75 Å². The molecule has 3 rings (SSSR count). The van der Waals surface area contributed by atoms with Gasteiger partial charge in [-0.2, -0.15) is 0 Å². The molecule has 0 unspecified atom stereocenters. The smallest absolute Gasteiger partial charge is 0.124 e. The molecule has 0 aromatic heterocycles. The maximum atomic E-state index is 6.19. The average Bonchev–Trinajstić information content (AvgIpc) is 2.61. The Morgan fingerprint density at radius 2 is 1.65 bits per heavy atom. The third kappa shape index (κ3) is 5.26. The molecule has 3 aromatic rings. The molecule has 3 aromatic carbocycles. The molecular weight excluding hydrogens is 477 g/mol. The van der Waals surface area contributed by atoms with Gasteiger partial charge in [-0.15, -0.1) is 0 Å². The number of halogens is 3. The summed E-state index contributed by atoms with van der Waals surface area (Å²) >= 11 is 13.1. The zero-order valence-electron chi connectivity index (χ0n) is 14.2. The highest BCUT2D eigenvalue weighted by atomic mass is 79.9. The van der Waals surface area contributed by atoms with Crippen LogP contribution in [0.4, 0.5) is 5.69 Å². The Morgan fingerprint density at radius 1 is 0.923 bits per heavy atom. The molecule has 5 heteroatoms. The number of ether oxygens (including phenoxy) is 1. The first-order chi connectivity index (χ1) is 12.5. The van der Waals surface area contributed by atoms with Crippen molar-refractivity contribution in [2.45, 2.75) is 20.1 Å². The number of benzene rings is 3. The van der Waals surface area contributed by atoms with E-state index in [4.69, 9.17) is 16.3 Å². The van der Waals surface area contributed by atoms with Gasteiger partial charge < -0.3 is 10.1 Å². The van der Waals surface area contributed by atoms with Crippen LogP contribution in [0.1, 0.15) is 16.7 Å². The third-order valence-corrected chi connectivity index (χ3v) is 5.24. The molecule has 0 aliphatic heterocycles. The van der Waals surface area contributed by atoms with E-state index in [9.17, 15) is 0 Å². The van der Waals surface area contributed by atoms with E-state index in [2.05, 4.69) is 56.2 Å². The maximum absolute atomic E-state index is 6.19. The predicted octanol–water partition coefficient (Wildman–Crippen LogP) is 7.36. The van der Waals surface area contributed by atoms with Crippen LogP contribution in [-0.4, -0.2) is 0 Å². The lowest BCUT2D eigenvalue weighted by Gasteiger charge is -2.15. The summed E-state index contributed by atoms with van der Waals surface area (Å²) in [5, 5.41) is 4.16. The molecular formula is C21H18Br2ClNO. The van der Waals surface area contributed by atoms with E-state index in [1.807, 2.05) is 48.5 Å². The van der Waals surface area contributed by atoms with Crippen LogP contribution in [0.3, 0.4) is 0 Å². The average molecular weight is 496 g/mol. The molecule has 0 saturated carbocycles. The van der Waals surface area contributed by atoms with Gasteiger partial charge in [0.2, 0.25) is 0 Å². The van der Waals surface area contributed by atoms with E-state index in [1.165, 1.54) is 5.56 Å². The van der Waals surface area contributed by atoms with Gasteiger partial charge in [0.15, 0.2) is 0 Å². The molecule has 0 fully saturated rings. The predicted molar refractivity (Wildman–Crippen MR) is 116 cm³/mol. The van der Waals surface area contributed by atoms with Crippen molar-refractivity contribution in [1.82, 2.24) is 0 Å². The Kier molecular flexibility index (Phi) is 6.63. The number of aryl methyl sites for hydroxylation is 1. The fourth-order valence-corrected chi connectivity index (χ4v) is 3.52. The second kappa shape index (κ2) is 8.94. The van der Waals surface area contributed by atoms with Crippen LogP contribution in [0.25, 0.3) is 0 Å². The normalized spacial score (nSPS) is 10.6. The van der Waals surface area contributed by atoms with Gasteiger partial charge in [0.25, 0.3) is 0 Å². The molecule has 1 N–H and O–H groups in total. The van der Waals surface area contributed by atoms with E-state index < -0.39 is 0 Å². The van der Waals surface area contributed by atoms with E-state index in [1.54, 1.807) is 0 Å². The van der Waals surface area contributed by atoms with Gasteiger partial charge in [0.1, 0.15) is 12.4 Å². The SMILES string of the molecule is Cc1cc(Br)ccc1NCc1cc(Cl)ccc1OCc1ccc(Br)cc1. The second-order valence-electron chi connectivity index (χ2n) is 5.98. The van der Waals surface area contributed by atoms with Gasteiger partial charge in [0.05, 0.1) is 0 Å². The summed E-state index contributed by atoms with van der Waals surface area (Å²) in [7, 11) is 0. The molecule has 0 radical (unpaired) electrons. The molecule has 0 saturated heterocycles. The Balaban J connectivity index is 1.71. The Labute approximate surface area is 175 Å². The highest BCUT2D eigenvalue weighted by molar-refractivity contribution is 9.10. The minimum Gasteiger partial charge on any atom is -0.489 e. The highest BCUT2D eigenvalue weighted by Crippen LogP contribution is 2.26. The molecule has 0 bridgehead atoms. The zero-order chi connectivity index (χ0) is 18.5. The lowest BCUT2D eigenvalue weighted by atomic mass is 10.1. The summed E-state index contributed by atoms with van der Waals surface area (Å²) in [5.74, 6) is 0.833. The van der Waals surface area contributed by atoms with Gasteiger partial charge in [0, 0.05) is 31.8 Å². The highest BCUT2D eigenvalue weighted by Gasteiger charge is 2.07. The zero-order valence-corrected chi connectivity index (χ0v) is 18.2. The fourth-order valence-electron chi connectivity index (χ4n) is 2.58. The van der Waals surface area contributed by atoms with Gasteiger partial charge in [-0.05, 0) is 66.6 Å². The summed E-state index contributed by atoms with van der Waals surface area (Å²) in [6.45, 7) is 3.23. The lowest BCUT2D eigenvalue weighted by molar-refractivity contribution is 0.303. The fraction of sp³-hybridized carbons (Fsp3) is 0.143. The first-order valence-corrected chi connectivity index (χ1v) is 10.1. The van der Waals surface area contributed by atoms with E-state index in [0.29, 0.717) is 18.2 Å². The van der Waals surface area contributed by atoms with Crippen molar-refractivity contribution in [3.63, 3.8) is 0 Å². The van der Waals surface area contributed by atoms with Crippen molar-refractivity contribution in [3.05, 3.63) is 91.3 Å². The maximum Gasteiger partial charge on any atom is 0.124 e. The lowest BCUT2D eigenvalue weighted by Crippen LogP contribution is -2.04. The third-order valence-electron chi connectivity index (χ3n) is 3.99. The monoisotopic (exact) mass is 493 g/mol. The largest absolute Gasteiger partial charge is 0.489 e. The summed E-state index contributed by atoms with van der Waals surface area (Å²) in [4.78, 5) is 0. The topological polar surface area (TPSA) is 21.3 Å². The molecule has 0 atom stereocenters. The van der Waals surface area contributed by atoms with Crippen molar-refractivity contribution in [2.75, 3.05) is 5.32 Å². The summed E-state index contributed by atoms with van der Waals surface area (Å²) in [5.41, 5.74) is 4.41. The van der Waals surface area contributed by atoms with E-state index in [-0.39, 0.29) is 0 Å². The number of hydrogen-bond donors (Lipinski definition) is 1. The van der Waals surface area contributed by atoms with Crippen LogP contribution in [0.5, 0.6) is 5.75 Å². The van der Waals surface area contributed by atoms with Crippen LogP contribution in [0.15, 0.2) is 69.6 Å². The molecule has 26 heavy (non-hydrogen) atoms. The number of anilines is 1. The standard InChI is InChI=1S/C21H18Br2ClNO/c1-14-10-18(23)6-8-20(14)25-12-16-11-19(24)7-9-21(16)26-13-15-2-4-17(22)5-3-15/h2-11,25H,12-13H2,1H3. The Hall–Kier alpha value is -1.49. The Morgan fingerprint density at radius 3 is 2.38 bits per heavy atom. The van der Waals surface area contributed by atoms with Crippen LogP contribution < -0.4 is 10.1 Å². The summed E-state index contributed by atoms with van der Waals surface area (Å²) < 4.78 is 8.16. The quantitative estimate of drug-likeness (QED) is 0.386. The first-order valence-electron chi connectivity index (χ1n) is 8.17. The van der Waals surface area contributed by atoms with Crippen LogP contribution >= 0.6 is 43.5 Å². The first kappa shape index (κ1) is 19.3. The van der Waals surface area contributed by atoms with Gasteiger partial charge in [-0.25, -0.2) is 0 Å². The molecule has 134 valence electrons. The van der Waals surface area contributed by atoms with E-state index in [0.717, 1.165) is 31.5 Å². The number of hydrogen-bond acceptors (Lipinski definition) is 2. The molecule has 0 amide bonds. The molecule has 0 spiro atoms.